The molecule has 2 aliphatic heterocycles. The Labute approximate surface area is 97.3 Å². The molecule has 1 N–H and O–H groups in total. The Hall–Kier alpha value is -0.610. The molecule has 0 aromatic heterocycles. The van der Waals surface area contributed by atoms with Crippen molar-refractivity contribution in [1.29, 1.82) is 0 Å². The van der Waals surface area contributed by atoms with Gasteiger partial charge in [-0.3, -0.25) is 9.69 Å². The second-order valence-corrected chi connectivity index (χ2v) is 4.86. The van der Waals surface area contributed by atoms with Gasteiger partial charge in [0, 0.05) is 6.04 Å². The third kappa shape index (κ3) is 2.74. The highest BCUT2D eigenvalue weighted by atomic mass is 16.5. The summed E-state index contributed by atoms with van der Waals surface area (Å²) in [6.45, 7) is 3.77. The van der Waals surface area contributed by atoms with E-state index in [1.165, 1.54) is 32.8 Å². The first-order chi connectivity index (χ1) is 7.81. The zero-order valence-electron chi connectivity index (χ0n) is 10.1. The van der Waals surface area contributed by atoms with Gasteiger partial charge >= 0.3 is 5.97 Å². The van der Waals surface area contributed by atoms with E-state index in [0.29, 0.717) is 12.6 Å². The standard InChI is InChI=1S/C12H22N2O2/c1-16-12(15)9-14-7-3-2-4-11(14)10-5-6-13-8-10/h10-11,13H,2-9H2,1H3. The first-order valence-corrected chi connectivity index (χ1v) is 6.33. The molecule has 2 heterocycles. The maximum Gasteiger partial charge on any atom is 0.319 e. The van der Waals surface area contributed by atoms with Crippen LogP contribution in [-0.2, 0) is 9.53 Å². The molecule has 0 aliphatic carbocycles. The molecule has 4 heteroatoms. The van der Waals surface area contributed by atoms with Gasteiger partial charge in [0.05, 0.1) is 13.7 Å². The Morgan fingerprint density at radius 2 is 2.31 bits per heavy atom. The molecule has 2 rings (SSSR count). The highest BCUT2D eigenvalue weighted by molar-refractivity contribution is 5.71. The average Bonchev–Trinajstić information content (AvgIpc) is 2.83. The second kappa shape index (κ2) is 5.64. The summed E-state index contributed by atoms with van der Waals surface area (Å²) >= 11 is 0. The number of nitrogens with one attached hydrogen (secondary N) is 1. The summed E-state index contributed by atoms with van der Waals surface area (Å²) in [5, 5.41) is 3.41. The third-order valence-electron chi connectivity index (χ3n) is 3.87. The van der Waals surface area contributed by atoms with E-state index in [1.807, 2.05) is 0 Å². The van der Waals surface area contributed by atoms with Gasteiger partial charge in [-0.25, -0.2) is 0 Å². The van der Waals surface area contributed by atoms with Gasteiger partial charge in [-0.15, -0.1) is 0 Å². The number of esters is 1. The lowest BCUT2D eigenvalue weighted by Gasteiger charge is -2.38. The third-order valence-corrected chi connectivity index (χ3v) is 3.87. The largest absolute Gasteiger partial charge is 0.468 e. The predicted molar refractivity (Wildman–Crippen MR) is 62.2 cm³/mol. The number of nitrogens with zero attached hydrogens (tertiary/aromatic N) is 1. The minimum absolute atomic E-state index is 0.0992. The van der Waals surface area contributed by atoms with E-state index in [1.54, 1.807) is 0 Å². The molecule has 0 aromatic rings. The first-order valence-electron chi connectivity index (χ1n) is 6.33. The normalized spacial score (nSPS) is 31.6. The van der Waals surface area contributed by atoms with Crippen LogP contribution in [0.4, 0.5) is 0 Å². The van der Waals surface area contributed by atoms with E-state index in [4.69, 9.17) is 4.74 Å². The van der Waals surface area contributed by atoms with Crippen LogP contribution in [0.5, 0.6) is 0 Å². The quantitative estimate of drug-likeness (QED) is 0.716. The lowest BCUT2D eigenvalue weighted by Crippen LogP contribution is -2.47. The van der Waals surface area contributed by atoms with Gasteiger partial charge in [-0.1, -0.05) is 6.42 Å². The van der Waals surface area contributed by atoms with Crippen LogP contribution in [0.3, 0.4) is 0 Å². The lowest BCUT2D eigenvalue weighted by molar-refractivity contribution is -0.143. The van der Waals surface area contributed by atoms with Crippen molar-refractivity contribution < 1.29 is 9.53 Å². The molecule has 2 fully saturated rings. The van der Waals surface area contributed by atoms with Crippen molar-refractivity contribution in [3.8, 4) is 0 Å². The summed E-state index contributed by atoms with van der Waals surface area (Å²) in [7, 11) is 1.47. The first kappa shape index (κ1) is 11.9. The Morgan fingerprint density at radius 1 is 1.44 bits per heavy atom. The predicted octanol–water partition coefficient (Wildman–Crippen LogP) is 0.623. The van der Waals surface area contributed by atoms with Crippen LogP contribution in [0.1, 0.15) is 25.7 Å². The summed E-state index contributed by atoms with van der Waals surface area (Å²) < 4.78 is 4.77. The van der Waals surface area contributed by atoms with E-state index in [2.05, 4.69) is 10.2 Å². The van der Waals surface area contributed by atoms with Crippen LogP contribution < -0.4 is 5.32 Å². The van der Waals surface area contributed by atoms with Crippen molar-refractivity contribution in [2.45, 2.75) is 31.7 Å². The molecule has 4 nitrogen and oxygen atoms in total. The molecule has 0 saturated carbocycles. The number of likely N-dealkylation sites (tertiary alicyclic amines) is 1. The van der Waals surface area contributed by atoms with Crippen molar-refractivity contribution in [3.63, 3.8) is 0 Å². The van der Waals surface area contributed by atoms with E-state index < -0.39 is 0 Å². The average molecular weight is 226 g/mol. The maximum absolute atomic E-state index is 11.4. The van der Waals surface area contributed by atoms with Crippen molar-refractivity contribution in [3.05, 3.63) is 0 Å². The summed E-state index contributed by atoms with van der Waals surface area (Å²) in [4.78, 5) is 13.7. The molecule has 16 heavy (non-hydrogen) atoms. The number of carbonyl (C=O) groups is 1. The van der Waals surface area contributed by atoms with Crippen LogP contribution in [0.2, 0.25) is 0 Å². The van der Waals surface area contributed by atoms with Crippen molar-refractivity contribution >= 4 is 5.97 Å². The molecule has 0 spiro atoms. The molecule has 2 aliphatic rings. The summed E-state index contributed by atoms with van der Waals surface area (Å²) in [5.41, 5.74) is 0. The SMILES string of the molecule is COC(=O)CN1CCCCC1C1CCNC1. The van der Waals surface area contributed by atoms with E-state index in [9.17, 15) is 4.79 Å². The Kier molecular flexibility index (Phi) is 4.18. The van der Waals surface area contributed by atoms with Crippen LogP contribution in [0, 0.1) is 5.92 Å². The van der Waals surface area contributed by atoms with Crippen molar-refractivity contribution in [2.75, 3.05) is 33.3 Å². The highest BCUT2D eigenvalue weighted by Crippen LogP contribution is 2.26. The maximum atomic E-state index is 11.4. The summed E-state index contributed by atoms with van der Waals surface area (Å²) in [6, 6.07) is 0.586. The molecular formula is C12H22N2O2. The molecule has 0 amide bonds. The van der Waals surface area contributed by atoms with Crippen LogP contribution in [0.15, 0.2) is 0 Å². The van der Waals surface area contributed by atoms with Gasteiger partial charge in [0.15, 0.2) is 0 Å². The number of ether oxygens (including phenoxy) is 1. The summed E-state index contributed by atoms with van der Waals surface area (Å²) in [6.07, 6.45) is 5.01. The number of methoxy groups -OCH3 is 1. The minimum atomic E-state index is -0.0992. The smallest absolute Gasteiger partial charge is 0.319 e. The van der Waals surface area contributed by atoms with Gasteiger partial charge in [0.2, 0.25) is 0 Å². The van der Waals surface area contributed by atoms with Gasteiger partial charge in [0.1, 0.15) is 0 Å². The minimum Gasteiger partial charge on any atom is -0.468 e. The number of rotatable bonds is 3. The molecular weight excluding hydrogens is 204 g/mol. The molecule has 2 saturated heterocycles. The molecule has 0 radical (unpaired) electrons. The number of carbonyl (C=O) groups excluding carboxylic acids is 1. The van der Waals surface area contributed by atoms with Gasteiger partial charge < -0.3 is 10.1 Å². The van der Waals surface area contributed by atoms with Gasteiger partial charge in [-0.05, 0) is 44.8 Å². The zero-order valence-corrected chi connectivity index (χ0v) is 10.1. The summed E-state index contributed by atoms with van der Waals surface area (Å²) in [5.74, 6) is 0.628. The van der Waals surface area contributed by atoms with Gasteiger partial charge in [-0.2, -0.15) is 0 Å². The molecule has 0 aromatic carbocycles. The number of hydrogen-bond donors (Lipinski definition) is 1. The van der Waals surface area contributed by atoms with E-state index in [0.717, 1.165) is 25.6 Å². The molecule has 92 valence electrons. The number of piperidine rings is 1. The van der Waals surface area contributed by atoms with Crippen LogP contribution in [0.25, 0.3) is 0 Å². The van der Waals surface area contributed by atoms with E-state index >= 15 is 0 Å². The Bertz CT molecular complexity index is 239. The molecule has 0 bridgehead atoms. The fourth-order valence-electron chi connectivity index (χ4n) is 2.98. The zero-order chi connectivity index (χ0) is 11.4. The van der Waals surface area contributed by atoms with Crippen molar-refractivity contribution in [2.24, 2.45) is 5.92 Å². The highest BCUT2D eigenvalue weighted by Gasteiger charge is 2.32. The molecule has 2 unspecified atom stereocenters. The van der Waals surface area contributed by atoms with Crippen LogP contribution >= 0.6 is 0 Å². The fraction of sp³-hybridized carbons (Fsp3) is 0.917. The number of hydrogen-bond acceptors (Lipinski definition) is 4. The Morgan fingerprint density at radius 3 is 3.00 bits per heavy atom. The fourth-order valence-corrected chi connectivity index (χ4v) is 2.98. The second-order valence-electron chi connectivity index (χ2n) is 4.86. The van der Waals surface area contributed by atoms with E-state index in [-0.39, 0.29) is 5.97 Å². The van der Waals surface area contributed by atoms with Gasteiger partial charge in [0.25, 0.3) is 0 Å². The Balaban J connectivity index is 1.93. The molecule has 2 atom stereocenters. The lowest BCUT2D eigenvalue weighted by atomic mass is 9.89. The van der Waals surface area contributed by atoms with Crippen molar-refractivity contribution in [1.82, 2.24) is 10.2 Å². The monoisotopic (exact) mass is 226 g/mol. The topological polar surface area (TPSA) is 41.6 Å². The van der Waals surface area contributed by atoms with Crippen LogP contribution in [-0.4, -0.2) is 50.2 Å².